The standard InChI is InChI=1S/C17H31NO9/c1-5-6-18(3)7-8-26-17(16(23)24-4)9-12(20)14(22)15(27-17)13(21)10-25-11(2)19/h12-15,20-22H,5-10H2,1-4H3/t12-,13-,14-,15?,17-/m1/s1. The number of carbonyl (C=O) groups is 2. The molecule has 27 heavy (non-hydrogen) atoms. The van der Waals surface area contributed by atoms with Gasteiger partial charge in [-0.25, -0.2) is 4.79 Å². The Morgan fingerprint density at radius 3 is 2.56 bits per heavy atom. The van der Waals surface area contributed by atoms with Crippen LogP contribution in [0, 0.1) is 0 Å². The summed E-state index contributed by atoms with van der Waals surface area (Å²) in [5.41, 5.74) is 0. The minimum Gasteiger partial charge on any atom is -0.465 e. The molecule has 1 rings (SSSR count). The van der Waals surface area contributed by atoms with Crippen LogP contribution in [-0.2, 0) is 28.5 Å². The summed E-state index contributed by atoms with van der Waals surface area (Å²) in [6.45, 7) is 4.15. The van der Waals surface area contributed by atoms with Crippen LogP contribution in [-0.4, -0.2) is 103 Å². The van der Waals surface area contributed by atoms with Gasteiger partial charge in [-0.2, -0.15) is 0 Å². The summed E-state index contributed by atoms with van der Waals surface area (Å²) in [7, 11) is 3.03. The molecule has 0 aromatic carbocycles. The fraction of sp³-hybridized carbons (Fsp3) is 0.882. The second-order valence-corrected chi connectivity index (χ2v) is 6.61. The Morgan fingerprint density at radius 2 is 2.00 bits per heavy atom. The third-order valence-corrected chi connectivity index (χ3v) is 4.28. The number of esters is 2. The molecule has 158 valence electrons. The Balaban J connectivity index is 2.90. The Labute approximate surface area is 158 Å². The van der Waals surface area contributed by atoms with E-state index in [0.29, 0.717) is 6.54 Å². The molecule has 1 fully saturated rings. The largest absolute Gasteiger partial charge is 0.465 e. The molecule has 1 aliphatic heterocycles. The minimum absolute atomic E-state index is 0.0984. The fourth-order valence-corrected chi connectivity index (χ4v) is 2.86. The third-order valence-electron chi connectivity index (χ3n) is 4.28. The van der Waals surface area contributed by atoms with Gasteiger partial charge in [0.2, 0.25) is 0 Å². The Hall–Kier alpha value is -1.30. The molecular formula is C17H31NO9. The van der Waals surface area contributed by atoms with Crippen molar-refractivity contribution in [3.05, 3.63) is 0 Å². The number of aliphatic hydroxyl groups excluding tert-OH is 3. The van der Waals surface area contributed by atoms with E-state index < -0.39 is 48.7 Å². The fourth-order valence-electron chi connectivity index (χ4n) is 2.86. The number of hydrogen-bond acceptors (Lipinski definition) is 10. The van der Waals surface area contributed by atoms with Gasteiger partial charge >= 0.3 is 11.9 Å². The highest BCUT2D eigenvalue weighted by molar-refractivity contribution is 5.78. The van der Waals surface area contributed by atoms with Gasteiger partial charge in [0.25, 0.3) is 5.79 Å². The molecule has 0 saturated carbocycles. The summed E-state index contributed by atoms with van der Waals surface area (Å²) < 4.78 is 20.7. The van der Waals surface area contributed by atoms with E-state index >= 15 is 0 Å². The van der Waals surface area contributed by atoms with Crippen LogP contribution < -0.4 is 0 Å². The van der Waals surface area contributed by atoms with Gasteiger partial charge in [-0.1, -0.05) is 6.92 Å². The number of rotatable bonds is 10. The molecule has 1 unspecified atom stereocenters. The molecule has 0 radical (unpaired) electrons. The quantitative estimate of drug-likeness (QED) is 0.382. The van der Waals surface area contributed by atoms with Crippen LogP contribution in [0.1, 0.15) is 26.7 Å². The number of aliphatic hydroxyl groups is 3. The van der Waals surface area contributed by atoms with Crippen molar-refractivity contribution in [1.29, 1.82) is 0 Å². The molecule has 0 aromatic heterocycles. The first-order valence-corrected chi connectivity index (χ1v) is 8.93. The van der Waals surface area contributed by atoms with Crippen molar-refractivity contribution in [2.75, 3.05) is 40.5 Å². The summed E-state index contributed by atoms with van der Waals surface area (Å²) in [4.78, 5) is 25.3. The summed E-state index contributed by atoms with van der Waals surface area (Å²) in [5, 5.41) is 30.5. The lowest BCUT2D eigenvalue weighted by molar-refractivity contribution is -0.324. The van der Waals surface area contributed by atoms with Crippen LogP contribution in [0.15, 0.2) is 0 Å². The predicted octanol–water partition coefficient (Wildman–Crippen LogP) is -1.35. The summed E-state index contributed by atoms with van der Waals surface area (Å²) >= 11 is 0. The van der Waals surface area contributed by atoms with Gasteiger partial charge < -0.3 is 39.2 Å². The first-order chi connectivity index (χ1) is 12.7. The maximum atomic E-state index is 12.3. The molecule has 0 aromatic rings. The molecule has 10 heteroatoms. The van der Waals surface area contributed by atoms with Gasteiger partial charge in [0.15, 0.2) is 0 Å². The maximum absolute atomic E-state index is 12.3. The Bertz CT molecular complexity index is 489. The number of carbonyl (C=O) groups excluding carboxylic acids is 2. The van der Waals surface area contributed by atoms with E-state index in [4.69, 9.17) is 18.9 Å². The minimum atomic E-state index is -1.98. The molecular weight excluding hydrogens is 362 g/mol. The molecule has 1 heterocycles. The van der Waals surface area contributed by atoms with Gasteiger partial charge in [0.05, 0.1) is 19.8 Å². The molecule has 0 amide bonds. The Morgan fingerprint density at radius 1 is 1.33 bits per heavy atom. The lowest BCUT2D eigenvalue weighted by Crippen LogP contribution is -2.63. The highest BCUT2D eigenvalue weighted by Crippen LogP contribution is 2.33. The second kappa shape index (κ2) is 10.9. The van der Waals surface area contributed by atoms with E-state index in [-0.39, 0.29) is 13.0 Å². The van der Waals surface area contributed by atoms with Gasteiger partial charge in [0, 0.05) is 19.9 Å². The summed E-state index contributed by atoms with van der Waals surface area (Å²) in [6.07, 6.45) is -5.22. The van der Waals surface area contributed by atoms with E-state index in [0.717, 1.165) is 27.0 Å². The van der Waals surface area contributed by atoms with Crippen molar-refractivity contribution >= 4 is 11.9 Å². The highest BCUT2D eigenvalue weighted by atomic mass is 16.7. The van der Waals surface area contributed by atoms with Crippen LogP contribution in [0.2, 0.25) is 0 Å². The zero-order chi connectivity index (χ0) is 20.6. The molecule has 3 N–H and O–H groups in total. The first kappa shape index (κ1) is 23.7. The normalized spacial score (nSPS) is 29.4. The number of hydrogen-bond donors (Lipinski definition) is 3. The lowest BCUT2D eigenvalue weighted by atomic mass is 9.92. The maximum Gasteiger partial charge on any atom is 0.366 e. The first-order valence-electron chi connectivity index (χ1n) is 8.93. The highest BCUT2D eigenvalue weighted by Gasteiger charge is 2.55. The average Bonchev–Trinajstić information content (AvgIpc) is 2.61. The number of ether oxygens (including phenoxy) is 4. The van der Waals surface area contributed by atoms with Crippen molar-refractivity contribution < 1.29 is 43.9 Å². The van der Waals surface area contributed by atoms with Gasteiger partial charge in [-0.05, 0) is 20.0 Å². The van der Waals surface area contributed by atoms with Crippen molar-refractivity contribution in [3.63, 3.8) is 0 Å². The molecule has 5 atom stereocenters. The topological polar surface area (TPSA) is 135 Å². The molecule has 0 bridgehead atoms. The SMILES string of the molecule is CCCN(C)CCO[C@]1(C(=O)OC)C[C@@H](O)[C@@H](O)C([C@H](O)COC(C)=O)O1. The van der Waals surface area contributed by atoms with E-state index in [1.54, 1.807) is 0 Å². The molecule has 1 saturated heterocycles. The van der Waals surface area contributed by atoms with Crippen LogP contribution in [0.5, 0.6) is 0 Å². The van der Waals surface area contributed by atoms with Crippen LogP contribution >= 0.6 is 0 Å². The van der Waals surface area contributed by atoms with Gasteiger partial charge in [0.1, 0.15) is 24.9 Å². The van der Waals surface area contributed by atoms with Gasteiger partial charge in [-0.3, -0.25) is 4.79 Å². The lowest BCUT2D eigenvalue weighted by Gasteiger charge is -2.44. The summed E-state index contributed by atoms with van der Waals surface area (Å²) in [5.74, 6) is -3.51. The number of methoxy groups -OCH3 is 1. The molecule has 1 aliphatic rings. The van der Waals surface area contributed by atoms with E-state index in [2.05, 4.69) is 0 Å². The smallest absolute Gasteiger partial charge is 0.366 e. The van der Waals surface area contributed by atoms with E-state index in [1.807, 2.05) is 18.9 Å². The zero-order valence-electron chi connectivity index (χ0n) is 16.3. The van der Waals surface area contributed by atoms with E-state index in [9.17, 15) is 24.9 Å². The van der Waals surface area contributed by atoms with E-state index in [1.165, 1.54) is 0 Å². The van der Waals surface area contributed by atoms with Crippen molar-refractivity contribution in [1.82, 2.24) is 4.90 Å². The molecule has 0 aliphatic carbocycles. The molecule has 0 spiro atoms. The summed E-state index contributed by atoms with van der Waals surface area (Å²) in [6, 6.07) is 0. The Kier molecular flexibility index (Phi) is 9.57. The van der Waals surface area contributed by atoms with Crippen LogP contribution in [0.4, 0.5) is 0 Å². The van der Waals surface area contributed by atoms with Gasteiger partial charge in [-0.15, -0.1) is 0 Å². The average molecular weight is 393 g/mol. The monoisotopic (exact) mass is 393 g/mol. The van der Waals surface area contributed by atoms with Crippen LogP contribution in [0.3, 0.4) is 0 Å². The van der Waals surface area contributed by atoms with Crippen molar-refractivity contribution in [2.45, 2.75) is 56.9 Å². The van der Waals surface area contributed by atoms with Crippen molar-refractivity contribution in [3.8, 4) is 0 Å². The van der Waals surface area contributed by atoms with Crippen molar-refractivity contribution in [2.24, 2.45) is 0 Å². The number of nitrogens with zero attached hydrogens (tertiary/aromatic N) is 1. The zero-order valence-corrected chi connectivity index (χ0v) is 16.3. The second-order valence-electron chi connectivity index (χ2n) is 6.61. The third kappa shape index (κ3) is 6.66. The number of likely N-dealkylation sites (N-methyl/N-ethyl adjacent to an activating group) is 1. The predicted molar refractivity (Wildman–Crippen MR) is 92.6 cm³/mol. The molecule has 10 nitrogen and oxygen atoms in total. The van der Waals surface area contributed by atoms with Crippen LogP contribution in [0.25, 0.3) is 0 Å².